The normalized spacial score (nSPS) is 11.3. The number of aromatic nitrogens is 2. The van der Waals surface area contributed by atoms with Crippen LogP contribution in [0.4, 0.5) is 5.82 Å². The van der Waals surface area contributed by atoms with Gasteiger partial charge in [0.1, 0.15) is 11.4 Å². The number of hydrogen-bond acceptors (Lipinski definition) is 5. The van der Waals surface area contributed by atoms with E-state index in [1.165, 1.54) is 10.9 Å². The smallest absolute Gasteiger partial charge is 0.343 e. The molecule has 7 nitrogen and oxygen atoms in total. The Morgan fingerprint density at radius 3 is 2.59 bits per heavy atom. The summed E-state index contributed by atoms with van der Waals surface area (Å²) in [5.74, 6) is -0.574. The van der Waals surface area contributed by atoms with E-state index in [1.54, 1.807) is 26.1 Å². The summed E-state index contributed by atoms with van der Waals surface area (Å²) >= 11 is 12.0. The topological polar surface area (TPSA) is 85.2 Å². The molecule has 9 heteroatoms. The van der Waals surface area contributed by atoms with Gasteiger partial charge in [0.2, 0.25) is 5.91 Å². The van der Waals surface area contributed by atoms with Crippen molar-refractivity contribution in [1.29, 1.82) is 0 Å². The first-order valence-electron chi connectivity index (χ1n) is 8.35. The molecule has 0 fully saturated rings. The predicted molar refractivity (Wildman–Crippen MR) is 105 cm³/mol. The van der Waals surface area contributed by atoms with E-state index < -0.39 is 11.5 Å². The second-order valence-electron chi connectivity index (χ2n) is 6.41. The molecule has 2 N–H and O–H groups in total. The van der Waals surface area contributed by atoms with Crippen LogP contribution in [0.2, 0.25) is 10.0 Å². The molecule has 1 heterocycles. The first-order valence-corrected chi connectivity index (χ1v) is 9.10. The number of carbonyl (C=O) groups excluding carboxylic acids is 2. The number of rotatable bonds is 7. The third-order valence-corrected chi connectivity index (χ3v) is 4.76. The van der Waals surface area contributed by atoms with Crippen LogP contribution in [0, 0.1) is 0 Å². The molecule has 2 aromatic rings. The zero-order valence-corrected chi connectivity index (χ0v) is 17.1. The van der Waals surface area contributed by atoms with E-state index in [1.807, 2.05) is 19.9 Å². The number of ether oxygens (including phenoxy) is 1. The lowest BCUT2D eigenvalue weighted by molar-refractivity contribution is -0.115. The van der Waals surface area contributed by atoms with Crippen LogP contribution in [0.5, 0.6) is 0 Å². The molecule has 1 aromatic carbocycles. The van der Waals surface area contributed by atoms with Gasteiger partial charge in [-0.3, -0.25) is 14.8 Å². The molecule has 146 valence electrons. The molecule has 0 bridgehead atoms. The zero-order chi connectivity index (χ0) is 20.2. The molecule has 1 amide bonds. The number of esters is 1. The first kappa shape index (κ1) is 21.2. The van der Waals surface area contributed by atoms with E-state index in [0.717, 1.165) is 5.56 Å². The fraction of sp³-hybridized carbons (Fsp3) is 0.389. The minimum absolute atomic E-state index is 0.0146. The van der Waals surface area contributed by atoms with Crippen LogP contribution in [0.1, 0.15) is 36.7 Å². The average molecular weight is 413 g/mol. The van der Waals surface area contributed by atoms with Crippen molar-refractivity contribution >= 4 is 40.9 Å². The highest BCUT2D eigenvalue weighted by Gasteiger charge is 2.23. The van der Waals surface area contributed by atoms with Crippen molar-refractivity contribution in [3.63, 3.8) is 0 Å². The van der Waals surface area contributed by atoms with E-state index in [2.05, 4.69) is 15.7 Å². The van der Waals surface area contributed by atoms with Gasteiger partial charge in [0.25, 0.3) is 0 Å². The van der Waals surface area contributed by atoms with Crippen molar-refractivity contribution in [1.82, 2.24) is 15.1 Å². The van der Waals surface area contributed by atoms with Crippen molar-refractivity contribution in [2.45, 2.75) is 26.3 Å². The molecular weight excluding hydrogens is 391 g/mol. The van der Waals surface area contributed by atoms with Crippen LogP contribution < -0.4 is 10.6 Å². The lowest BCUT2D eigenvalue weighted by atomic mass is 9.94. The molecular formula is C18H22Cl2N4O3. The summed E-state index contributed by atoms with van der Waals surface area (Å²) in [6, 6.07) is 5.32. The highest BCUT2D eigenvalue weighted by molar-refractivity contribution is 6.42. The lowest BCUT2D eigenvalue weighted by Crippen LogP contribution is -2.41. The van der Waals surface area contributed by atoms with Gasteiger partial charge < -0.3 is 10.1 Å². The molecule has 0 aliphatic heterocycles. The first-order chi connectivity index (χ1) is 12.7. The molecule has 27 heavy (non-hydrogen) atoms. The Balaban J connectivity index is 2.05. The van der Waals surface area contributed by atoms with Gasteiger partial charge in [-0.05, 0) is 38.5 Å². The Morgan fingerprint density at radius 1 is 1.26 bits per heavy atom. The van der Waals surface area contributed by atoms with E-state index in [0.29, 0.717) is 10.0 Å². The molecule has 0 spiro atoms. The molecule has 1 aromatic heterocycles. The fourth-order valence-corrected chi connectivity index (χ4v) is 2.71. The summed E-state index contributed by atoms with van der Waals surface area (Å²) in [6.07, 6.45) is 1.36. The number of halogens is 2. The van der Waals surface area contributed by atoms with Crippen LogP contribution in [0.25, 0.3) is 0 Å². The number of benzene rings is 1. The molecule has 0 unspecified atom stereocenters. The number of hydrogen-bond donors (Lipinski definition) is 2. The molecule has 2 rings (SSSR count). The van der Waals surface area contributed by atoms with E-state index in [-0.39, 0.29) is 30.4 Å². The molecule has 0 saturated heterocycles. The zero-order valence-electron chi connectivity index (χ0n) is 15.6. The Kier molecular flexibility index (Phi) is 6.86. The highest BCUT2D eigenvalue weighted by Crippen LogP contribution is 2.28. The molecule has 0 atom stereocenters. The predicted octanol–water partition coefficient (Wildman–Crippen LogP) is 3.37. The third kappa shape index (κ3) is 5.22. The van der Waals surface area contributed by atoms with Crippen LogP contribution in [0.3, 0.4) is 0 Å². The summed E-state index contributed by atoms with van der Waals surface area (Å²) < 4.78 is 6.38. The second-order valence-corrected chi connectivity index (χ2v) is 7.22. The number of amides is 1. The molecule has 0 aliphatic rings. The number of carbonyl (C=O) groups is 2. The minimum atomic E-state index is -0.537. The maximum absolute atomic E-state index is 12.4. The van der Waals surface area contributed by atoms with Gasteiger partial charge in [0.05, 0.1) is 29.4 Å². The Morgan fingerprint density at radius 2 is 1.96 bits per heavy atom. The van der Waals surface area contributed by atoms with Gasteiger partial charge in [-0.15, -0.1) is 0 Å². The largest absolute Gasteiger partial charge is 0.462 e. The number of anilines is 1. The standard InChI is InChI=1S/C18H22Cl2N4O3/c1-5-27-17(26)12-9-22-24(4)16(12)23-15(25)10-21-18(2,3)11-6-7-13(19)14(20)8-11/h6-9,21H,5,10H2,1-4H3,(H,23,25). The summed E-state index contributed by atoms with van der Waals surface area (Å²) in [6.45, 7) is 5.81. The van der Waals surface area contributed by atoms with Crippen molar-refractivity contribution in [2.75, 3.05) is 18.5 Å². The maximum atomic E-state index is 12.4. The van der Waals surface area contributed by atoms with Crippen LogP contribution in [0.15, 0.2) is 24.4 Å². The van der Waals surface area contributed by atoms with Gasteiger partial charge in [0, 0.05) is 12.6 Å². The van der Waals surface area contributed by atoms with Gasteiger partial charge in [-0.1, -0.05) is 29.3 Å². The Hall–Kier alpha value is -2.09. The van der Waals surface area contributed by atoms with Gasteiger partial charge in [-0.2, -0.15) is 5.10 Å². The number of nitrogens with zero attached hydrogens (tertiary/aromatic N) is 2. The second kappa shape index (κ2) is 8.73. The monoisotopic (exact) mass is 412 g/mol. The average Bonchev–Trinajstić information content (AvgIpc) is 2.96. The molecule has 0 radical (unpaired) electrons. The quantitative estimate of drug-likeness (QED) is 0.680. The van der Waals surface area contributed by atoms with Crippen LogP contribution >= 0.6 is 23.2 Å². The summed E-state index contributed by atoms with van der Waals surface area (Å²) in [4.78, 5) is 24.3. The highest BCUT2D eigenvalue weighted by atomic mass is 35.5. The van der Waals surface area contributed by atoms with Gasteiger partial charge >= 0.3 is 5.97 Å². The summed E-state index contributed by atoms with van der Waals surface area (Å²) in [7, 11) is 1.63. The van der Waals surface area contributed by atoms with E-state index >= 15 is 0 Å². The van der Waals surface area contributed by atoms with Crippen molar-refractivity contribution in [3.05, 3.63) is 45.6 Å². The maximum Gasteiger partial charge on any atom is 0.343 e. The van der Waals surface area contributed by atoms with E-state index in [4.69, 9.17) is 27.9 Å². The summed E-state index contributed by atoms with van der Waals surface area (Å²) in [5.41, 5.74) is 0.566. The third-order valence-electron chi connectivity index (χ3n) is 4.02. The SMILES string of the molecule is CCOC(=O)c1cnn(C)c1NC(=O)CNC(C)(C)c1ccc(Cl)c(Cl)c1. The van der Waals surface area contributed by atoms with Crippen LogP contribution in [-0.2, 0) is 22.1 Å². The Labute approximate surface area is 168 Å². The number of nitrogens with one attached hydrogen (secondary N) is 2. The molecule has 0 aliphatic carbocycles. The van der Waals surface area contributed by atoms with Crippen LogP contribution in [-0.4, -0.2) is 34.8 Å². The Bertz CT molecular complexity index is 849. The van der Waals surface area contributed by atoms with Gasteiger partial charge in [-0.25, -0.2) is 4.79 Å². The van der Waals surface area contributed by atoms with E-state index in [9.17, 15) is 9.59 Å². The number of aryl methyl sites for hydroxylation is 1. The summed E-state index contributed by atoms with van der Waals surface area (Å²) in [5, 5.41) is 10.8. The van der Waals surface area contributed by atoms with Crippen molar-refractivity contribution < 1.29 is 14.3 Å². The lowest BCUT2D eigenvalue weighted by Gasteiger charge is -2.27. The van der Waals surface area contributed by atoms with Crippen molar-refractivity contribution in [2.24, 2.45) is 7.05 Å². The van der Waals surface area contributed by atoms with Crippen molar-refractivity contribution in [3.8, 4) is 0 Å². The van der Waals surface area contributed by atoms with Gasteiger partial charge in [0.15, 0.2) is 0 Å². The molecule has 0 saturated carbocycles. The minimum Gasteiger partial charge on any atom is -0.462 e. The fourth-order valence-electron chi connectivity index (χ4n) is 2.41.